The van der Waals surface area contributed by atoms with Crippen LogP contribution in [0.4, 0.5) is 0 Å². The summed E-state index contributed by atoms with van der Waals surface area (Å²) >= 11 is 0. The van der Waals surface area contributed by atoms with Crippen LogP contribution in [0.3, 0.4) is 0 Å². The number of oxime groups is 1. The van der Waals surface area contributed by atoms with Crippen molar-refractivity contribution in [3.8, 4) is 5.75 Å². The Morgan fingerprint density at radius 2 is 1.58 bits per heavy atom. The number of rotatable bonds is 7. The molecule has 1 N–H and O–H groups in total. The van der Waals surface area contributed by atoms with Crippen molar-refractivity contribution in [2.24, 2.45) is 5.16 Å². The molecule has 24 heavy (non-hydrogen) atoms. The summed E-state index contributed by atoms with van der Waals surface area (Å²) in [5.74, 6) is 0.565. The molecule has 0 heterocycles. The average molecular weight is 326 g/mol. The van der Waals surface area contributed by atoms with Crippen molar-refractivity contribution in [2.75, 3.05) is 19.7 Å². The van der Waals surface area contributed by atoms with Crippen molar-refractivity contribution >= 4 is 11.6 Å². The van der Waals surface area contributed by atoms with E-state index in [1.54, 1.807) is 29.2 Å². The van der Waals surface area contributed by atoms with Crippen LogP contribution in [-0.4, -0.2) is 41.4 Å². The fourth-order valence-corrected chi connectivity index (χ4v) is 2.40. The number of amides is 1. The van der Waals surface area contributed by atoms with Crippen LogP contribution in [0.1, 0.15) is 25.0 Å². The standard InChI is InChI=1S/C19H22N2O3/c1-3-21(4-2)18(22)14-24-17-12-10-16(11-13-17)19(20-23)15-8-6-5-7-9-15/h5-13,23H,3-4,14H2,1-2H3. The molecular weight excluding hydrogens is 304 g/mol. The van der Waals surface area contributed by atoms with Crippen LogP contribution < -0.4 is 4.74 Å². The molecule has 2 aromatic carbocycles. The highest BCUT2D eigenvalue weighted by Crippen LogP contribution is 2.16. The van der Waals surface area contributed by atoms with Gasteiger partial charge in [0.25, 0.3) is 5.91 Å². The van der Waals surface area contributed by atoms with Crippen molar-refractivity contribution in [3.05, 3.63) is 65.7 Å². The van der Waals surface area contributed by atoms with Gasteiger partial charge >= 0.3 is 0 Å². The lowest BCUT2D eigenvalue weighted by molar-refractivity contribution is -0.132. The van der Waals surface area contributed by atoms with Gasteiger partial charge in [-0.25, -0.2) is 0 Å². The molecule has 0 fully saturated rings. The van der Waals surface area contributed by atoms with Gasteiger partial charge in [-0.2, -0.15) is 0 Å². The molecule has 1 amide bonds. The number of carbonyl (C=O) groups excluding carboxylic acids is 1. The van der Waals surface area contributed by atoms with E-state index >= 15 is 0 Å². The summed E-state index contributed by atoms with van der Waals surface area (Å²) in [4.78, 5) is 13.7. The van der Waals surface area contributed by atoms with Gasteiger partial charge in [-0.15, -0.1) is 0 Å². The third kappa shape index (κ3) is 4.35. The molecule has 5 nitrogen and oxygen atoms in total. The fourth-order valence-electron chi connectivity index (χ4n) is 2.40. The zero-order chi connectivity index (χ0) is 17.4. The smallest absolute Gasteiger partial charge is 0.260 e. The van der Waals surface area contributed by atoms with Gasteiger partial charge in [0.05, 0.1) is 0 Å². The third-order valence-electron chi connectivity index (χ3n) is 3.75. The van der Waals surface area contributed by atoms with Crippen LogP contribution in [0.15, 0.2) is 59.8 Å². The number of hydrogen-bond donors (Lipinski definition) is 1. The highest BCUT2D eigenvalue weighted by atomic mass is 16.5. The maximum absolute atomic E-state index is 11.9. The molecule has 0 radical (unpaired) electrons. The molecular formula is C19H22N2O3. The van der Waals surface area contributed by atoms with Crippen LogP contribution in [-0.2, 0) is 4.79 Å². The molecule has 2 rings (SSSR count). The van der Waals surface area contributed by atoms with E-state index in [0.717, 1.165) is 11.1 Å². The minimum atomic E-state index is -0.0361. The lowest BCUT2D eigenvalue weighted by Crippen LogP contribution is -2.34. The molecule has 0 saturated carbocycles. The molecule has 0 saturated heterocycles. The SMILES string of the molecule is CCN(CC)C(=O)COc1ccc(C(=NO)c2ccccc2)cc1. The van der Waals surface area contributed by atoms with Crippen molar-refractivity contribution in [1.29, 1.82) is 0 Å². The first-order valence-corrected chi connectivity index (χ1v) is 7.98. The minimum Gasteiger partial charge on any atom is -0.484 e. The number of carbonyl (C=O) groups is 1. The summed E-state index contributed by atoms with van der Waals surface area (Å²) in [5.41, 5.74) is 2.08. The Hall–Kier alpha value is -2.82. The van der Waals surface area contributed by atoms with Gasteiger partial charge in [0.15, 0.2) is 6.61 Å². The lowest BCUT2D eigenvalue weighted by Gasteiger charge is -2.18. The van der Waals surface area contributed by atoms with Gasteiger partial charge in [-0.05, 0) is 38.1 Å². The molecule has 0 aromatic heterocycles. The van der Waals surface area contributed by atoms with E-state index in [0.29, 0.717) is 24.6 Å². The molecule has 126 valence electrons. The van der Waals surface area contributed by atoms with Crippen LogP contribution in [0.25, 0.3) is 0 Å². The predicted octanol–water partition coefficient (Wildman–Crippen LogP) is 3.16. The van der Waals surface area contributed by atoms with Gasteiger partial charge < -0.3 is 14.8 Å². The van der Waals surface area contributed by atoms with Crippen LogP contribution in [0, 0.1) is 0 Å². The summed E-state index contributed by atoms with van der Waals surface area (Å²) in [5, 5.41) is 12.7. The van der Waals surface area contributed by atoms with Crippen molar-refractivity contribution < 1.29 is 14.7 Å². The third-order valence-corrected chi connectivity index (χ3v) is 3.75. The number of likely N-dealkylation sites (N-methyl/N-ethyl adjacent to an activating group) is 1. The highest BCUT2D eigenvalue weighted by Gasteiger charge is 2.11. The van der Waals surface area contributed by atoms with E-state index in [1.807, 2.05) is 44.2 Å². The van der Waals surface area contributed by atoms with Crippen molar-refractivity contribution in [2.45, 2.75) is 13.8 Å². The van der Waals surface area contributed by atoms with E-state index in [9.17, 15) is 10.0 Å². The number of nitrogens with zero attached hydrogens (tertiary/aromatic N) is 2. The maximum atomic E-state index is 11.9. The topological polar surface area (TPSA) is 62.1 Å². The maximum Gasteiger partial charge on any atom is 0.260 e. The van der Waals surface area contributed by atoms with Crippen LogP contribution in [0.5, 0.6) is 5.75 Å². The Morgan fingerprint density at radius 3 is 2.12 bits per heavy atom. The second kappa shape index (κ2) is 8.72. The Balaban J connectivity index is 2.04. The molecule has 0 unspecified atom stereocenters. The lowest BCUT2D eigenvalue weighted by atomic mass is 10.0. The molecule has 0 aliphatic carbocycles. The molecule has 0 spiro atoms. The van der Waals surface area contributed by atoms with Gasteiger partial charge in [-0.1, -0.05) is 35.5 Å². The van der Waals surface area contributed by atoms with E-state index in [-0.39, 0.29) is 12.5 Å². The number of ether oxygens (including phenoxy) is 1. The van der Waals surface area contributed by atoms with Crippen LogP contribution >= 0.6 is 0 Å². The molecule has 2 aromatic rings. The molecule has 0 atom stereocenters. The predicted molar refractivity (Wildman–Crippen MR) is 93.7 cm³/mol. The molecule has 0 aliphatic heterocycles. The van der Waals surface area contributed by atoms with Gasteiger partial charge in [-0.3, -0.25) is 4.79 Å². The first-order valence-electron chi connectivity index (χ1n) is 7.98. The Kier molecular flexibility index (Phi) is 6.37. The number of benzene rings is 2. The largest absolute Gasteiger partial charge is 0.484 e. The Bertz CT molecular complexity index is 678. The Morgan fingerprint density at radius 1 is 1.00 bits per heavy atom. The van der Waals surface area contributed by atoms with Crippen molar-refractivity contribution in [3.63, 3.8) is 0 Å². The first kappa shape index (κ1) is 17.5. The Labute approximate surface area is 142 Å². The number of hydrogen-bond acceptors (Lipinski definition) is 4. The summed E-state index contributed by atoms with van der Waals surface area (Å²) in [7, 11) is 0. The zero-order valence-corrected chi connectivity index (χ0v) is 14.0. The van der Waals surface area contributed by atoms with E-state index in [2.05, 4.69) is 5.16 Å². The van der Waals surface area contributed by atoms with Crippen molar-refractivity contribution in [1.82, 2.24) is 4.90 Å². The molecule has 5 heteroatoms. The second-order valence-corrected chi connectivity index (χ2v) is 5.19. The average Bonchev–Trinajstić information content (AvgIpc) is 2.63. The van der Waals surface area contributed by atoms with Crippen LogP contribution in [0.2, 0.25) is 0 Å². The van der Waals surface area contributed by atoms with Gasteiger partial charge in [0.1, 0.15) is 11.5 Å². The monoisotopic (exact) mass is 326 g/mol. The summed E-state index contributed by atoms with van der Waals surface area (Å²) in [6.07, 6.45) is 0. The fraction of sp³-hybridized carbons (Fsp3) is 0.263. The van der Waals surface area contributed by atoms with E-state index < -0.39 is 0 Å². The first-order chi connectivity index (χ1) is 11.7. The molecule has 0 bridgehead atoms. The van der Waals surface area contributed by atoms with E-state index in [4.69, 9.17) is 4.74 Å². The normalized spacial score (nSPS) is 11.2. The summed E-state index contributed by atoms with van der Waals surface area (Å²) < 4.78 is 5.53. The second-order valence-electron chi connectivity index (χ2n) is 5.19. The van der Waals surface area contributed by atoms with Gasteiger partial charge in [0, 0.05) is 24.2 Å². The highest BCUT2D eigenvalue weighted by molar-refractivity contribution is 6.12. The van der Waals surface area contributed by atoms with E-state index in [1.165, 1.54) is 0 Å². The molecule has 0 aliphatic rings. The minimum absolute atomic E-state index is 0.0145. The summed E-state index contributed by atoms with van der Waals surface area (Å²) in [6.45, 7) is 5.24. The zero-order valence-electron chi connectivity index (χ0n) is 14.0. The van der Waals surface area contributed by atoms with Gasteiger partial charge in [0.2, 0.25) is 0 Å². The quantitative estimate of drug-likeness (QED) is 0.483. The summed E-state index contributed by atoms with van der Waals surface area (Å²) in [6, 6.07) is 16.6.